The first-order chi connectivity index (χ1) is 15.6. The molecule has 0 amide bonds. The molecule has 0 radical (unpaired) electrons. The van der Waals surface area contributed by atoms with Crippen molar-refractivity contribution in [2.45, 2.75) is 39.5 Å². The summed E-state index contributed by atoms with van der Waals surface area (Å²) in [6.07, 6.45) is 0.998. The van der Waals surface area contributed by atoms with Crippen LogP contribution in [0.2, 0.25) is 10.0 Å². The van der Waals surface area contributed by atoms with Crippen LogP contribution in [0.15, 0.2) is 71.2 Å². The standard InChI is InChI=1S/C26H26Cl2N2O3/c1-4-33-25(32)23-21(15-5-7-16(27)8-6-15)22-19(13-26(2,3)14-20(22)31)30(24(23)29)18-11-9-17(28)10-12-18/h5-12,21H,4,13-14,29H2,1-3H3. The number of halogens is 2. The highest BCUT2D eigenvalue weighted by Crippen LogP contribution is 2.50. The maximum Gasteiger partial charge on any atom is 0.338 e. The zero-order chi connectivity index (χ0) is 23.9. The lowest BCUT2D eigenvalue weighted by molar-refractivity contribution is -0.138. The second-order valence-electron chi connectivity index (χ2n) is 9.12. The summed E-state index contributed by atoms with van der Waals surface area (Å²) >= 11 is 12.2. The molecule has 0 aromatic heterocycles. The summed E-state index contributed by atoms with van der Waals surface area (Å²) in [4.78, 5) is 28.7. The van der Waals surface area contributed by atoms with Crippen molar-refractivity contribution >= 4 is 40.6 Å². The molecule has 0 spiro atoms. The van der Waals surface area contributed by atoms with Gasteiger partial charge in [0.05, 0.1) is 18.1 Å². The first-order valence-electron chi connectivity index (χ1n) is 10.9. The van der Waals surface area contributed by atoms with Crippen LogP contribution >= 0.6 is 23.2 Å². The van der Waals surface area contributed by atoms with E-state index in [0.717, 1.165) is 16.9 Å². The largest absolute Gasteiger partial charge is 0.463 e. The second kappa shape index (κ2) is 8.88. The van der Waals surface area contributed by atoms with E-state index in [2.05, 4.69) is 13.8 Å². The van der Waals surface area contributed by atoms with Gasteiger partial charge in [-0.1, -0.05) is 49.2 Å². The van der Waals surface area contributed by atoms with E-state index >= 15 is 0 Å². The zero-order valence-corrected chi connectivity index (χ0v) is 20.3. The Kier molecular flexibility index (Phi) is 6.30. The van der Waals surface area contributed by atoms with Gasteiger partial charge in [0.1, 0.15) is 5.82 Å². The van der Waals surface area contributed by atoms with Crippen LogP contribution in [0.1, 0.15) is 45.1 Å². The van der Waals surface area contributed by atoms with Gasteiger partial charge in [0.2, 0.25) is 0 Å². The van der Waals surface area contributed by atoms with E-state index in [1.165, 1.54) is 0 Å². The number of ether oxygens (including phenoxy) is 1. The van der Waals surface area contributed by atoms with Gasteiger partial charge in [0, 0.05) is 33.4 Å². The molecule has 2 N–H and O–H groups in total. The summed E-state index contributed by atoms with van der Waals surface area (Å²) in [5, 5.41) is 1.15. The van der Waals surface area contributed by atoms with Crippen LogP contribution in [-0.4, -0.2) is 18.4 Å². The summed E-state index contributed by atoms with van der Waals surface area (Å²) < 4.78 is 5.40. The minimum atomic E-state index is -0.636. The van der Waals surface area contributed by atoms with Gasteiger partial charge in [-0.3, -0.25) is 9.69 Å². The van der Waals surface area contributed by atoms with Crippen LogP contribution in [0, 0.1) is 5.41 Å². The topological polar surface area (TPSA) is 72.6 Å². The van der Waals surface area contributed by atoms with Gasteiger partial charge in [-0.2, -0.15) is 0 Å². The quantitative estimate of drug-likeness (QED) is 0.540. The molecule has 172 valence electrons. The molecule has 1 heterocycles. The summed E-state index contributed by atoms with van der Waals surface area (Å²) in [5.74, 6) is -0.934. The zero-order valence-electron chi connectivity index (χ0n) is 18.8. The van der Waals surface area contributed by atoms with E-state index in [9.17, 15) is 9.59 Å². The number of rotatable bonds is 4. The van der Waals surface area contributed by atoms with E-state index in [0.29, 0.717) is 28.5 Å². The highest BCUT2D eigenvalue weighted by Gasteiger charge is 2.46. The molecule has 0 saturated carbocycles. The summed E-state index contributed by atoms with van der Waals surface area (Å²) in [7, 11) is 0. The van der Waals surface area contributed by atoms with Crippen molar-refractivity contribution in [3.63, 3.8) is 0 Å². The van der Waals surface area contributed by atoms with Gasteiger partial charge < -0.3 is 10.5 Å². The monoisotopic (exact) mass is 484 g/mol. The maximum absolute atomic E-state index is 13.6. The first-order valence-corrected chi connectivity index (χ1v) is 11.6. The fraction of sp³-hybridized carbons (Fsp3) is 0.308. The molecule has 4 rings (SSSR count). The van der Waals surface area contributed by atoms with Gasteiger partial charge in [-0.25, -0.2) is 4.79 Å². The van der Waals surface area contributed by atoms with Crippen molar-refractivity contribution in [1.29, 1.82) is 0 Å². The van der Waals surface area contributed by atoms with Gasteiger partial charge in [0.25, 0.3) is 0 Å². The van der Waals surface area contributed by atoms with Crippen LogP contribution < -0.4 is 10.6 Å². The lowest BCUT2D eigenvalue weighted by atomic mass is 9.68. The summed E-state index contributed by atoms with van der Waals surface area (Å²) in [6.45, 7) is 6.06. The highest BCUT2D eigenvalue weighted by molar-refractivity contribution is 6.30. The van der Waals surface area contributed by atoms with Crippen LogP contribution in [0.3, 0.4) is 0 Å². The van der Waals surface area contributed by atoms with Crippen molar-refractivity contribution in [3.05, 3.63) is 86.8 Å². The maximum atomic E-state index is 13.6. The molecule has 5 nitrogen and oxygen atoms in total. The van der Waals surface area contributed by atoms with E-state index in [1.54, 1.807) is 31.2 Å². The molecule has 0 fully saturated rings. The van der Waals surface area contributed by atoms with Crippen LogP contribution in [0.25, 0.3) is 0 Å². The predicted molar refractivity (Wildman–Crippen MR) is 131 cm³/mol. The number of hydrogen-bond donors (Lipinski definition) is 1. The Morgan fingerprint density at radius 2 is 1.64 bits per heavy atom. The average molecular weight is 485 g/mol. The first kappa shape index (κ1) is 23.4. The Morgan fingerprint density at radius 1 is 1.06 bits per heavy atom. The second-order valence-corrected chi connectivity index (χ2v) is 9.99. The van der Waals surface area contributed by atoms with Crippen LogP contribution in [0.5, 0.6) is 0 Å². The predicted octanol–water partition coefficient (Wildman–Crippen LogP) is 5.97. The van der Waals surface area contributed by atoms with Crippen molar-refractivity contribution < 1.29 is 14.3 Å². The van der Waals surface area contributed by atoms with Gasteiger partial charge in [0.15, 0.2) is 5.78 Å². The molecule has 2 aliphatic rings. The Morgan fingerprint density at radius 3 is 2.21 bits per heavy atom. The molecular weight excluding hydrogens is 459 g/mol. The molecule has 1 unspecified atom stereocenters. The summed E-state index contributed by atoms with van der Waals surface area (Å²) in [6, 6.07) is 14.3. The molecule has 2 aromatic carbocycles. The number of ketones is 1. The third-order valence-corrected chi connectivity index (χ3v) is 6.55. The average Bonchev–Trinajstić information content (AvgIpc) is 2.74. The molecule has 1 aliphatic carbocycles. The van der Waals surface area contributed by atoms with Crippen molar-refractivity contribution in [2.75, 3.05) is 11.5 Å². The number of Topliss-reactive ketones (excluding diaryl/α,β-unsaturated/α-hetero) is 1. The molecule has 2 aromatic rings. The molecular formula is C26H26Cl2N2O3. The lowest BCUT2D eigenvalue weighted by Crippen LogP contribution is -2.43. The van der Waals surface area contributed by atoms with E-state index in [4.69, 9.17) is 33.7 Å². The van der Waals surface area contributed by atoms with Gasteiger partial charge in [-0.05, 0) is 60.7 Å². The Bertz CT molecular complexity index is 1170. The molecule has 1 atom stereocenters. The smallest absolute Gasteiger partial charge is 0.338 e. The Labute approximate surface area is 203 Å². The number of hydrogen-bond acceptors (Lipinski definition) is 5. The van der Waals surface area contributed by atoms with Crippen molar-refractivity contribution in [3.8, 4) is 0 Å². The van der Waals surface area contributed by atoms with Crippen molar-refractivity contribution in [1.82, 2.24) is 0 Å². The van der Waals surface area contributed by atoms with Crippen molar-refractivity contribution in [2.24, 2.45) is 11.1 Å². The van der Waals surface area contributed by atoms with E-state index in [-0.39, 0.29) is 29.2 Å². The highest BCUT2D eigenvalue weighted by atomic mass is 35.5. The van der Waals surface area contributed by atoms with E-state index < -0.39 is 11.9 Å². The summed E-state index contributed by atoms with van der Waals surface area (Å²) in [5.41, 5.74) is 9.58. The van der Waals surface area contributed by atoms with E-state index in [1.807, 2.05) is 29.2 Å². The van der Waals surface area contributed by atoms with Crippen LogP contribution in [0.4, 0.5) is 5.69 Å². The third kappa shape index (κ3) is 4.40. The van der Waals surface area contributed by atoms with Crippen LogP contribution in [-0.2, 0) is 14.3 Å². The number of nitrogens with two attached hydrogens (primary N) is 1. The Balaban J connectivity index is 2.01. The normalized spacial score (nSPS) is 20.1. The fourth-order valence-corrected chi connectivity index (χ4v) is 4.94. The molecule has 0 saturated heterocycles. The number of nitrogens with zero attached hydrogens (tertiary/aromatic N) is 1. The fourth-order valence-electron chi connectivity index (χ4n) is 4.69. The van der Waals surface area contributed by atoms with Gasteiger partial charge in [-0.15, -0.1) is 0 Å². The molecule has 1 aliphatic heterocycles. The number of benzene rings is 2. The Hall–Kier alpha value is -2.76. The molecule has 7 heteroatoms. The van der Waals surface area contributed by atoms with Gasteiger partial charge >= 0.3 is 5.97 Å². The third-order valence-electron chi connectivity index (χ3n) is 6.04. The number of carbonyl (C=O) groups excluding carboxylic acids is 2. The SMILES string of the molecule is CCOC(=O)C1=C(N)N(c2ccc(Cl)cc2)C2=C(C(=O)CC(C)(C)C2)C1c1ccc(Cl)cc1. The molecule has 0 bridgehead atoms. The number of allylic oxidation sites excluding steroid dienone is 2. The minimum absolute atomic E-state index is 0.00513. The molecule has 33 heavy (non-hydrogen) atoms. The lowest BCUT2D eigenvalue weighted by Gasteiger charge is -2.44. The minimum Gasteiger partial charge on any atom is -0.463 e. The number of esters is 1. The number of carbonyl (C=O) groups is 2. The number of anilines is 1.